The summed E-state index contributed by atoms with van der Waals surface area (Å²) in [5.74, 6) is 1.38. The molecule has 0 bridgehead atoms. The molecule has 2 N–H and O–H groups in total. The summed E-state index contributed by atoms with van der Waals surface area (Å²) in [4.78, 5) is 12.6. The van der Waals surface area contributed by atoms with Crippen LogP contribution in [0.2, 0.25) is 25.7 Å². The summed E-state index contributed by atoms with van der Waals surface area (Å²) >= 11 is 1.81. The fourth-order valence-electron chi connectivity index (χ4n) is 6.59. The van der Waals surface area contributed by atoms with Crippen molar-refractivity contribution < 1.29 is 4.74 Å². The van der Waals surface area contributed by atoms with E-state index in [2.05, 4.69) is 83.2 Å². The largest absolute Gasteiger partial charge is 0.360 e. The number of amidine groups is 1. The molecule has 0 radical (unpaired) electrons. The standard InChI is InChI=1S/C37H46N8OSSi/c1-43(2)36(38)37-40-22-31-34(42-37)30(23-44(31)14-12-25-9-8-13-39-20-25)27-17-28-21-41-45(24-46-15-16-48(3,4)5)35(28)29(18-27)33-19-26-10-6-7-11-32(26)47-33/h6-7,10-11,17-19,21-23,25,38-39H,8-9,12-16,20,24H2,1-5H3. The Hall–Kier alpha value is -3.90. The molecule has 250 valence electrons. The Bertz CT molecular complexity index is 2050. The van der Waals surface area contributed by atoms with Gasteiger partial charge in [-0.15, -0.1) is 11.3 Å². The lowest BCUT2D eigenvalue weighted by Crippen LogP contribution is -2.30. The Kier molecular flexibility index (Phi) is 9.21. The van der Waals surface area contributed by atoms with E-state index < -0.39 is 8.07 Å². The van der Waals surface area contributed by atoms with Crippen molar-refractivity contribution in [2.45, 2.75) is 58.2 Å². The summed E-state index contributed by atoms with van der Waals surface area (Å²) in [7, 11) is 2.52. The van der Waals surface area contributed by atoms with Gasteiger partial charge in [0.25, 0.3) is 0 Å². The number of aromatic nitrogens is 5. The van der Waals surface area contributed by atoms with Gasteiger partial charge in [-0.2, -0.15) is 5.10 Å². The van der Waals surface area contributed by atoms with Crippen LogP contribution in [0.4, 0.5) is 0 Å². The predicted molar refractivity (Wildman–Crippen MR) is 202 cm³/mol. The number of benzene rings is 2. The molecule has 6 aromatic rings. The molecule has 5 heterocycles. The van der Waals surface area contributed by atoms with Gasteiger partial charge >= 0.3 is 0 Å². The number of nitrogens with one attached hydrogen (secondary N) is 2. The first-order valence-corrected chi connectivity index (χ1v) is 21.6. The van der Waals surface area contributed by atoms with Crippen LogP contribution >= 0.6 is 11.3 Å². The second kappa shape index (κ2) is 13.5. The molecule has 4 aromatic heterocycles. The Morgan fingerprint density at radius 1 is 1.10 bits per heavy atom. The van der Waals surface area contributed by atoms with Crippen molar-refractivity contribution in [3.05, 3.63) is 66.9 Å². The van der Waals surface area contributed by atoms with Gasteiger partial charge in [-0.05, 0) is 79.5 Å². The molecule has 0 amide bonds. The van der Waals surface area contributed by atoms with E-state index in [0.717, 1.165) is 77.3 Å². The number of hydrogen-bond donors (Lipinski definition) is 2. The molecule has 0 saturated carbocycles. The highest BCUT2D eigenvalue weighted by Crippen LogP contribution is 2.41. The van der Waals surface area contributed by atoms with Crippen LogP contribution in [0.3, 0.4) is 0 Å². The van der Waals surface area contributed by atoms with Gasteiger partial charge in [-0.25, -0.2) is 14.6 Å². The first-order valence-electron chi connectivity index (χ1n) is 17.0. The third-order valence-corrected chi connectivity index (χ3v) is 12.3. The van der Waals surface area contributed by atoms with Gasteiger partial charge in [0.05, 0.1) is 23.4 Å². The second-order valence-electron chi connectivity index (χ2n) is 14.5. The molecule has 1 saturated heterocycles. The summed E-state index contributed by atoms with van der Waals surface area (Å²) in [5, 5.41) is 19.4. The minimum absolute atomic E-state index is 0.292. The van der Waals surface area contributed by atoms with E-state index in [0.29, 0.717) is 24.3 Å². The topological polar surface area (TPSA) is 96.9 Å². The number of ether oxygens (including phenoxy) is 1. The van der Waals surface area contributed by atoms with Gasteiger partial charge in [-0.1, -0.05) is 37.8 Å². The fourth-order valence-corrected chi connectivity index (χ4v) is 8.43. The highest BCUT2D eigenvalue weighted by Gasteiger charge is 2.21. The highest BCUT2D eigenvalue weighted by molar-refractivity contribution is 7.22. The molecule has 0 spiro atoms. The van der Waals surface area contributed by atoms with E-state index in [1.165, 1.54) is 27.8 Å². The first kappa shape index (κ1) is 32.6. The van der Waals surface area contributed by atoms with E-state index in [9.17, 15) is 0 Å². The van der Waals surface area contributed by atoms with Crippen molar-refractivity contribution in [2.24, 2.45) is 5.92 Å². The molecule has 1 unspecified atom stereocenters. The average molecular weight is 679 g/mol. The minimum atomic E-state index is -1.20. The maximum absolute atomic E-state index is 8.64. The molecular weight excluding hydrogens is 633 g/mol. The maximum Gasteiger partial charge on any atom is 0.195 e. The Morgan fingerprint density at radius 3 is 2.73 bits per heavy atom. The Morgan fingerprint density at radius 2 is 1.96 bits per heavy atom. The van der Waals surface area contributed by atoms with Crippen LogP contribution in [0, 0.1) is 11.3 Å². The smallest absolute Gasteiger partial charge is 0.195 e. The monoisotopic (exact) mass is 678 g/mol. The molecule has 1 aliphatic heterocycles. The normalized spacial score (nSPS) is 15.6. The molecule has 11 heteroatoms. The number of hydrogen-bond acceptors (Lipinski definition) is 7. The van der Waals surface area contributed by atoms with Crippen LogP contribution in [0.5, 0.6) is 0 Å². The SMILES string of the molecule is CN(C)C(=N)c1ncc2c(n1)c(-c1cc(-c3cc4ccccc4s3)c3c(cnn3COCC[Si](C)(C)C)c1)cn2CCC1CCCNC1. The van der Waals surface area contributed by atoms with Gasteiger partial charge in [-0.3, -0.25) is 5.41 Å². The fraction of sp³-hybridized carbons (Fsp3) is 0.405. The third kappa shape index (κ3) is 6.82. The van der Waals surface area contributed by atoms with Crippen LogP contribution in [0.25, 0.3) is 53.6 Å². The number of thiophene rings is 1. The zero-order chi connectivity index (χ0) is 33.4. The number of nitrogens with zero attached hydrogens (tertiary/aromatic N) is 6. The van der Waals surface area contributed by atoms with Gasteiger partial charge in [0.15, 0.2) is 11.7 Å². The lowest BCUT2D eigenvalue weighted by Gasteiger charge is -2.22. The van der Waals surface area contributed by atoms with Crippen LogP contribution in [0.1, 0.15) is 25.1 Å². The zero-order valence-electron chi connectivity index (χ0n) is 28.7. The summed E-state index contributed by atoms with van der Waals surface area (Å²) in [6, 6.07) is 16.5. The molecule has 48 heavy (non-hydrogen) atoms. The summed E-state index contributed by atoms with van der Waals surface area (Å²) in [6.07, 6.45) is 9.72. The lowest BCUT2D eigenvalue weighted by atomic mass is 9.96. The van der Waals surface area contributed by atoms with Crippen molar-refractivity contribution in [3.63, 3.8) is 0 Å². The molecule has 1 fully saturated rings. The van der Waals surface area contributed by atoms with Crippen molar-refractivity contribution >= 4 is 57.3 Å². The zero-order valence-corrected chi connectivity index (χ0v) is 30.5. The first-order chi connectivity index (χ1) is 23.1. The number of fused-ring (bicyclic) bond motifs is 3. The summed E-state index contributed by atoms with van der Waals surface area (Å²) in [5.41, 5.74) is 6.22. The highest BCUT2D eigenvalue weighted by atomic mass is 32.1. The van der Waals surface area contributed by atoms with Crippen molar-refractivity contribution in [2.75, 3.05) is 33.8 Å². The van der Waals surface area contributed by atoms with Crippen LogP contribution < -0.4 is 5.32 Å². The molecule has 9 nitrogen and oxygen atoms in total. The number of aryl methyl sites for hydroxylation is 1. The molecule has 1 aliphatic rings. The van der Waals surface area contributed by atoms with Gasteiger partial charge in [0, 0.05) is 67.6 Å². The predicted octanol–water partition coefficient (Wildman–Crippen LogP) is 7.92. The molecule has 0 aliphatic carbocycles. The minimum Gasteiger partial charge on any atom is -0.360 e. The molecular formula is C37H46N8OSSi. The Balaban J connectivity index is 1.35. The molecule has 2 aromatic carbocycles. The van der Waals surface area contributed by atoms with Gasteiger partial charge in [0.2, 0.25) is 0 Å². The van der Waals surface area contributed by atoms with Gasteiger partial charge in [0.1, 0.15) is 12.2 Å². The van der Waals surface area contributed by atoms with Crippen LogP contribution in [-0.4, -0.2) is 76.9 Å². The van der Waals surface area contributed by atoms with E-state index >= 15 is 0 Å². The van der Waals surface area contributed by atoms with Crippen LogP contribution in [-0.2, 0) is 18.0 Å². The quantitative estimate of drug-likeness (QED) is 0.0626. The number of piperidine rings is 1. The second-order valence-corrected chi connectivity index (χ2v) is 21.2. The van der Waals surface area contributed by atoms with Crippen molar-refractivity contribution in [1.82, 2.24) is 34.5 Å². The third-order valence-electron chi connectivity index (χ3n) is 9.40. The van der Waals surface area contributed by atoms with E-state index in [-0.39, 0.29) is 0 Å². The van der Waals surface area contributed by atoms with E-state index in [4.69, 9.17) is 20.2 Å². The maximum atomic E-state index is 8.64. The molecule has 7 rings (SSSR count). The van der Waals surface area contributed by atoms with Crippen LogP contribution in [0.15, 0.2) is 61.1 Å². The number of rotatable bonds is 11. The summed E-state index contributed by atoms with van der Waals surface area (Å²) < 4.78 is 11.8. The average Bonchev–Trinajstić information content (AvgIpc) is 3.80. The van der Waals surface area contributed by atoms with Crippen molar-refractivity contribution in [3.8, 4) is 21.6 Å². The Labute approximate surface area is 287 Å². The molecule has 1 atom stereocenters. The summed E-state index contributed by atoms with van der Waals surface area (Å²) in [6.45, 7) is 11.4. The van der Waals surface area contributed by atoms with E-state index in [1.54, 1.807) is 4.90 Å². The van der Waals surface area contributed by atoms with Crippen molar-refractivity contribution in [1.29, 1.82) is 5.41 Å². The van der Waals surface area contributed by atoms with E-state index in [1.807, 2.05) is 42.5 Å². The van der Waals surface area contributed by atoms with Gasteiger partial charge < -0.3 is 19.5 Å². The lowest BCUT2D eigenvalue weighted by molar-refractivity contribution is 0.0817.